The Morgan fingerprint density at radius 3 is 2.44 bits per heavy atom. The van der Waals surface area contributed by atoms with Crippen molar-refractivity contribution in [3.63, 3.8) is 0 Å². The number of aromatic nitrogens is 1. The van der Waals surface area contributed by atoms with Gasteiger partial charge in [-0.2, -0.15) is 0 Å². The first-order valence-corrected chi connectivity index (χ1v) is 12.3. The minimum Gasteiger partial charge on any atom is -0.480 e. The van der Waals surface area contributed by atoms with E-state index < -0.39 is 48.6 Å². The fourth-order valence-corrected chi connectivity index (χ4v) is 4.31. The molecule has 11 heteroatoms. The Bertz CT molecular complexity index is 1080. The van der Waals surface area contributed by atoms with Crippen LogP contribution >= 0.6 is 0 Å². The van der Waals surface area contributed by atoms with Crippen molar-refractivity contribution in [3.05, 3.63) is 36.0 Å². The lowest BCUT2D eigenvalue weighted by Crippen LogP contribution is -2.59. The van der Waals surface area contributed by atoms with E-state index in [-0.39, 0.29) is 18.2 Å². The summed E-state index contributed by atoms with van der Waals surface area (Å²) in [6.45, 7) is 3.47. The lowest BCUT2D eigenvalue weighted by Gasteiger charge is -2.25. The monoisotopic (exact) mass is 501 g/mol. The molecule has 1 aliphatic rings. The lowest BCUT2D eigenvalue weighted by molar-refractivity contribution is -0.144. The first-order valence-electron chi connectivity index (χ1n) is 12.3. The number of aliphatic hydroxyl groups excluding tert-OH is 1. The van der Waals surface area contributed by atoms with Gasteiger partial charge in [0.05, 0.1) is 12.6 Å². The minimum absolute atomic E-state index is 0.151. The number of para-hydroxylation sites is 1. The van der Waals surface area contributed by atoms with Gasteiger partial charge in [-0.05, 0) is 36.9 Å². The minimum atomic E-state index is -1.38. The van der Waals surface area contributed by atoms with Gasteiger partial charge in [0, 0.05) is 23.5 Å². The number of hydrogen-bond donors (Lipinski definition) is 7. The second kappa shape index (κ2) is 12.5. The Morgan fingerprint density at radius 1 is 1.08 bits per heavy atom. The van der Waals surface area contributed by atoms with Crippen LogP contribution in [0.3, 0.4) is 0 Å². The third-order valence-corrected chi connectivity index (χ3v) is 6.70. The number of aliphatic carboxylic acids is 1. The van der Waals surface area contributed by atoms with Crippen molar-refractivity contribution < 1.29 is 29.4 Å². The summed E-state index contributed by atoms with van der Waals surface area (Å²) >= 11 is 0. The summed E-state index contributed by atoms with van der Waals surface area (Å²) in [5, 5.41) is 30.9. The van der Waals surface area contributed by atoms with E-state index in [1.807, 2.05) is 24.3 Å². The smallest absolute Gasteiger partial charge is 0.326 e. The summed E-state index contributed by atoms with van der Waals surface area (Å²) < 4.78 is 0. The van der Waals surface area contributed by atoms with Gasteiger partial charge in [0.2, 0.25) is 17.7 Å². The van der Waals surface area contributed by atoms with E-state index in [1.54, 1.807) is 20.0 Å². The molecule has 1 fully saturated rings. The van der Waals surface area contributed by atoms with Crippen molar-refractivity contribution in [2.24, 2.45) is 5.92 Å². The molecule has 11 nitrogen and oxygen atoms in total. The zero-order valence-electron chi connectivity index (χ0n) is 20.5. The molecule has 1 aromatic carbocycles. The number of fused-ring (bicyclic) bond motifs is 1. The van der Waals surface area contributed by atoms with Crippen LogP contribution in [-0.4, -0.2) is 76.2 Å². The van der Waals surface area contributed by atoms with Gasteiger partial charge in [-0.15, -0.1) is 0 Å². The number of rotatable bonds is 12. The average Bonchev–Trinajstić information content (AvgIpc) is 3.55. The number of aromatic amines is 1. The molecule has 1 saturated heterocycles. The molecule has 3 amide bonds. The van der Waals surface area contributed by atoms with E-state index in [0.29, 0.717) is 19.4 Å². The normalized spacial score (nSPS) is 18.7. The predicted molar refractivity (Wildman–Crippen MR) is 133 cm³/mol. The summed E-state index contributed by atoms with van der Waals surface area (Å²) in [6.07, 6.45) is 3.94. The first-order chi connectivity index (χ1) is 17.2. The maximum absolute atomic E-state index is 13.3. The number of carbonyl (C=O) groups is 4. The van der Waals surface area contributed by atoms with E-state index in [0.717, 1.165) is 22.9 Å². The highest BCUT2D eigenvalue weighted by molar-refractivity contribution is 5.95. The molecule has 2 heterocycles. The van der Waals surface area contributed by atoms with Crippen molar-refractivity contribution >= 4 is 34.6 Å². The third kappa shape index (κ3) is 6.61. The van der Waals surface area contributed by atoms with Crippen LogP contribution in [0.2, 0.25) is 0 Å². The number of amides is 3. The topological polar surface area (TPSA) is 173 Å². The van der Waals surface area contributed by atoms with Crippen LogP contribution in [0.25, 0.3) is 10.9 Å². The standard InChI is InChI=1S/C25H35N5O6/c1-3-14(2)21(25(35)36)30-24(34)20(13-31)29-23(33)19(28-22(32)18-9-6-10-26-18)11-15-12-27-17-8-5-4-7-16(15)17/h4-5,7-8,12,14,18-21,26-27,31H,3,6,9-11,13H2,1-2H3,(H,28,32)(H,29,33)(H,30,34)(H,35,36). The SMILES string of the molecule is CCC(C)C(NC(=O)C(CO)NC(=O)C(Cc1c[nH]c2ccccc12)NC(=O)C1CCCN1)C(=O)O. The molecule has 0 radical (unpaired) electrons. The third-order valence-electron chi connectivity index (χ3n) is 6.70. The molecule has 1 aromatic heterocycles. The Labute approximate surface area is 209 Å². The number of carbonyl (C=O) groups excluding carboxylic acids is 3. The average molecular weight is 502 g/mol. The zero-order valence-corrected chi connectivity index (χ0v) is 20.5. The van der Waals surface area contributed by atoms with Gasteiger partial charge in [0.25, 0.3) is 0 Å². The maximum Gasteiger partial charge on any atom is 0.326 e. The van der Waals surface area contributed by atoms with Gasteiger partial charge >= 0.3 is 5.97 Å². The second-order valence-corrected chi connectivity index (χ2v) is 9.23. The summed E-state index contributed by atoms with van der Waals surface area (Å²) in [4.78, 5) is 53.6. The lowest BCUT2D eigenvalue weighted by atomic mass is 9.99. The molecule has 196 valence electrons. The van der Waals surface area contributed by atoms with Crippen LogP contribution < -0.4 is 21.3 Å². The number of aliphatic hydroxyl groups is 1. The fourth-order valence-electron chi connectivity index (χ4n) is 4.31. The van der Waals surface area contributed by atoms with Crippen LogP contribution in [0.1, 0.15) is 38.7 Å². The van der Waals surface area contributed by atoms with E-state index >= 15 is 0 Å². The molecule has 0 bridgehead atoms. The predicted octanol–water partition coefficient (Wildman–Crippen LogP) is 0.0398. The number of hydrogen-bond acceptors (Lipinski definition) is 6. The summed E-state index contributed by atoms with van der Waals surface area (Å²) in [5.74, 6) is -3.34. The molecule has 7 N–H and O–H groups in total. The van der Waals surface area contributed by atoms with E-state index in [2.05, 4.69) is 26.3 Å². The first kappa shape index (κ1) is 27.2. The summed E-state index contributed by atoms with van der Waals surface area (Å²) in [5.41, 5.74) is 1.69. The Balaban J connectivity index is 1.76. The van der Waals surface area contributed by atoms with Crippen LogP contribution in [0.5, 0.6) is 0 Å². The van der Waals surface area contributed by atoms with Gasteiger partial charge in [-0.3, -0.25) is 14.4 Å². The van der Waals surface area contributed by atoms with Crippen molar-refractivity contribution in [2.75, 3.05) is 13.2 Å². The van der Waals surface area contributed by atoms with Crippen molar-refractivity contribution in [1.29, 1.82) is 0 Å². The van der Waals surface area contributed by atoms with Crippen LogP contribution in [0.4, 0.5) is 0 Å². The molecule has 36 heavy (non-hydrogen) atoms. The van der Waals surface area contributed by atoms with Gasteiger partial charge in [0.1, 0.15) is 18.1 Å². The number of benzene rings is 1. The van der Waals surface area contributed by atoms with Gasteiger partial charge in [0.15, 0.2) is 0 Å². The highest BCUT2D eigenvalue weighted by Crippen LogP contribution is 2.19. The molecule has 0 aliphatic carbocycles. The van der Waals surface area contributed by atoms with Crippen LogP contribution in [0.15, 0.2) is 30.5 Å². The molecule has 1 aliphatic heterocycles. The highest BCUT2D eigenvalue weighted by Gasteiger charge is 2.32. The highest BCUT2D eigenvalue weighted by atomic mass is 16.4. The molecular weight excluding hydrogens is 466 g/mol. The fraction of sp³-hybridized carbons (Fsp3) is 0.520. The molecular formula is C25H35N5O6. The van der Waals surface area contributed by atoms with Crippen molar-refractivity contribution in [2.45, 2.75) is 63.7 Å². The largest absolute Gasteiger partial charge is 0.480 e. The molecule has 5 unspecified atom stereocenters. The number of carboxylic acid groups (broad SMARTS) is 1. The Morgan fingerprint density at radius 2 is 1.81 bits per heavy atom. The van der Waals surface area contributed by atoms with Crippen molar-refractivity contribution in [1.82, 2.24) is 26.3 Å². The Hall–Kier alpha value is -3.44. The molecule has 5 atom stereocenters. The quantitative estimate of drug-likeness (QED) is 0.215. The number of nitrogens with one attached hydrogen (secondary N) is 5. The second-order valence-electron chi connectivity index (χ2n) is 9.23. The zero-order chi connectivity index (χ0) is 26.2. The molecule has 3 rings (SSSR count). The summed E-state index contributed by atoms with van der Waals surface area (Å²) in [6, 6.07) is 3.59. The number of carboxylic acids is 1. The van der Waals surface area contributed by atoms with E-state index in [9.17, 15) is 29.4 Å². The maximum atomic E-state index is 13.3. The van der Waals surface area contributed by atoms with Crippen LogP contribution in [-0.2, 0) is 25.6 Å². The molecule has 2 aromatic rings. The van der Waals surface area contributed by atoms with Crippen LogP contribution in [0, 0.1) is 5.92 Å². The molecule has 0 saturated carbocycles. The van der Waals surface area contributed by atoms with Gasteiger partial charge < -0.3 is 36.5 Å². The number of H-pyrrole nitrogens is 1. The summed E-state index contributed by atoms with van der Waals surface area (Å²) in [7, 11) is 0. The van der Waals surface area contributed by atoms with Crippen molar-refractivity contribution in [3.8, 4) is 0 Å². The van der Waals surface area contributed by atoms with E-state index in [4.69, 9.17) is 0 Å². The molecule has 0 spiro atoms. The Kier molecular flexibility index (Phi) is 9.43. The van der Waals surface area contributed by atoms with E-state index in [1.165, 1.54) is 0 Å². The van der Waals surface area contributed by atoms with Gasteiger partial charge in [-0.25, -0.2) is 4.79 Å². The van der Waals surface area contributed by atoms with Gasteiger partial charge in [-0.1, -0.05) is 38.5 Å².